The number of rotatable bonds is 5. The van der Waals surface area contributed by atoms with E-state index in [2.05, 4.69) is 20.7 Å². The molecule has 0 spiro atoms. The Hall–Kier alpha value is -1.64. The van der Waals surface area contributed by atoms with Gasteiger partial charge < -0.3 is 9.32 Å². The number of hydrogen-bond acceptors (Lipinski definition) is 4. The van der Waals surface area contributed by atoms with Gasteiger partial charge in [0.1, 0.15) is 5.76 Å². The van der Waals surface area contributed by atoms with E-state index < -0.39 is 10.0 Å². The van der Waals surface area contributed by atoms with Crippen LogP contribution in [0.2, 0.25) is 0 Å². The number of halogens is 1. The molecule has 0 unspecified atom stereocenters. The van der Waals surface area contributed by atoms with Gasteiger partial charge in [-0.15, -0.1) is 0 Å². The fourth-order valence-electron chi connectivity index (χ4n) is 1.74. The Morgan fingerprint density at radius 2 is 2.05 bits per heavy atom. The molecule has 0 radical (unpaired) electrons. The van der Waals surface area contributed by atoms with Crippen LogP contribution >= 0.6 is 15.9 Å². The van der Waals surface area contributed by atoms with E-state index in [1.807, 2.05) is 0 Å². The predicted octanol–water partition coefficient (Wildman–Crippen LogP) is 2.22. The number of nitrogens with zero attached hydrogens (tertiary/aromatic N) is 1. The van der Waals surface area contributed by atoms with E-state index in [4.69, 9.17) is 4.42 Å². The molecule has 2 rings (SSSR count). The van der Waals surface area contributed by atoms with Gasteiger partial charge in [0.25, 0.3) is 5.91 Å². The van der Waals surface area contributed by atoms with Crippen molar-refractivity contribution >= 4 is 31.9 Å². The van der Waals surface area contributed by atoms with Gasteiger partial charge in [-0.2, -0.15) is 0 Å². The minimum absolute atomic E-state index is 0.0208. The van der Waals surface area contributed by atoms with E-state index in [0.29, 0.717) is 10.2 Å². The zero-order valence-electron chi connectivity index (χ0n) is 12.0. The number of amides is 1. The minimum atomic E-state index is -3.74. The third-order valence-corrected chi connectivity index (χ3v) is 4.99. The van der Waals surface area contributed by atoms with Crippen LogP contribution in [0.15, 0.2) is 50.4 Å². The van der Waals surface area contributed by atoms with Gasteiger partial charge in [0, 0.05) is 18.6 Å². The lowest BCUT2D eigenvalue weighted by Crippen LogP contribution is -2.25. The van der Waals surface area contributed by atoms with Crippen molar-refractivity contribution in [2.45, 2.75) is 11.4 Å². The Morgan fingerprint density at radius 1 is 1.32 bits per heavy atom. The Balaban J connectivity index is 2.27. The maximum absolute atomic E-state index is 12.3. The van der Waals surface area contributed by atoms with Crippen LogP contribution in [0.3, 0.4) is 0 Å². The third-order valence-electron chi connectivity index (χ3n) is 2.90. The summed E-state index contributed by atoms with van der Waals surface area (Å²) in [6.45, 7) is 0.0440. The van der Waals surface area contributed by atoms with Gasteiger partial charge in [0.2, 0.25) is 10.0 Å². The van der Waals surface area contributed by atoms with Crippen LogP contribution in [0.5, 0.6) is 0 Å². The van der Waals surface area contributed by atoms with E-state index >= 15 is 0 Å². The molecule has 0 saturated heterocycles. The van der Waals surface area contributed by atoms with E-state index in [0.717, 1.165) is 0 Å². The lowest BCUT2D eigenvalue weighted by atomic mass is 10.2. The highest BCUT2D eigenvalue weighted by molar-refractivity contribution is 9.10. The highest BCUT2D eigenvalue weighted by atomic mass is 79.9. The lowest BCUT2D eigenvalue weighted by molar-refractivity contribution is 0.0826. The predicted molar refractivity (Wildman–Crippen MR) is 84.9 cm³/mol. The SMILES string of the molecule is CN(C)C(=O)c1cc(S(=O)(=O)NCc2ccco2)ccc1Br. The van der Waals surface area contributed by atoms with Crippen LogP contribution in [-0.4, -0.2) is 33.3 Å². The summed E-state index contributed by atoms with van der Waals surface area (Å²) in [5, 5.41) is 0. The zero-order valence-corrected chi connectivity index (χ0v) is 14.4. The number of benzene rings is 1. The van der Waals surface area contributed by atoms with Crippen molar-refractivity contribution in [3.63, 3.8) is 0 Å². The summed E-state index contributed by atoms with van der Waals surface area (Å²) in [5.41, 5.74) is 0.283. The van der Waals surface area contributed by atoms with E-state index in [1.165, 1.54) is 29.4 Å². The first-order valence-corrected chi connectivity index (χ1v) is 8.62. The molecule has 1 aromatic carbocycles. The number of carbonyl (C=O) groups is 1. The van der Waals surface area contributed by atoms with E-state index in [-0.39, 0.29) is 22.9 Å². The number of sulfonamides is 1. The summed E-state index contributed by atoms with van der Waals surface area (Å²) in [6.07, 6.45) is 1.47. The van der Waals surface area contributed by atoms with Crippen LogP contribution in [-0.2, 0) is 16.6 Å². The summed E-state index contributed by atoms with van der Waals surface area (Å²) in [6, 6.07) is 7.66. The molecule has 1 aromatic heterocycles. The zero-order chi connectivity index (χ0) is 16.3. The molecular formula is C14H15BrN2O4S. The summed E-state index contributed by atoms with van der Waals surface area (Å²) in [5.74, 6) is 0.222. The topological polar surface area (TPSA) is 79.6 Å². The summed E-state index contributed by atoms with van der Waals surface area (Å²) in [4.78, 5) is 13.5. The molecule has 0 bridgehead atoms. The molecule has 0 aliphatic heterocycles. The Morgan fingerprint density at radius 3 is 2.64 bits per heavy atom. The summed E-state index contributed by atoms with van der Waals surface area (Å²) >= 11 is 3.26. The standard InChI is InChI=1S/C14H15BrN2O4S/c1-17(2)14(18)12-8-11(5-6-13(12)15)22(19,20)16-9-10-4-3-7-21-10/h3-8,16H,9H2,1-2H3. The van der Waals surface area contributed by atoms with Gasteiger partial charge in [-0.05, 0) is 46.3 Å². The van der Waals surface area contributed by atoms with E-state index in [1.54, 1.807) is 26.2 Å². The van der Waals surface area contributed by atoms with Gasteiger partial charge in [0.15, 0.2) is 0 Å². The molecule has 118 valence electrons. The molecule has 22 heavy (non-hydrogen) atoms. The molecule has 1 amide bonds. The van der Waals surface area contributed by atoms with Crippen molar-refractivity contribution in [1.82, 2.24) is 9.62 Å². The van der Waals surface area contributed by atoms with Crippen molar-refractivity contribution in [2.24, 2.45) is 0 Å². The fourth-order valence-corrected chi connectivity index (χ4v) is 3.17. The van der Waals surface area contributed by atoms with E-state index in [9.17, 15) is 13.2 Å². The van der Waals surface area contributed by atoms with Crippen molar-refractivity contribution in [3.05, 3.63) is 52.4 Å². The molecule has 0 fully saturated rings. The third kappa shape index (κ3) is 3.76. The first-order valence-electron chi connectivity index (χ1n) is 6.34. The summed E-state index contributed by atoms with van der Waals surface area (Å²) in [7, 11) is -0.532. The molecule has 2 aromatic rings. The molecule has 0 aliphatic rings. The maximum Gasteiger partial charge on any atom is 0.254 e. The van der Waals surface area contributed by atoms with Crippen LogP contribution in [0.1, 0.15) is 16.1 Å². The molecule has 8 heteroatoms. The van der Waals surface area contributed by atoms with Crippen LogP contribution in [0.25, 0.3) is 0 Å². The maximum atomic E-state index is 12.3. The summed E-state index contributed by atoms with van der Waals surface area (Å²) < 4.78 is 32.6. The Labute approximate surface area is 137 Å². The van der Waals surface area contributed by atoms with Gasteiger partial charge in [-0.3, -0.25) is 4.79 Å². The van der Waals surface area contributed by atoms with Gasteiger partial charge >= 0.3 is 0 Å². The minimum Gasteiger partial charge on any atom is -0.468 e. The number of hydrogen-bond donors (Lipinski definition) is 1. The number of nitrogens with one attached hydrogen (secondary N) is 1. The Bertz CT molecular complexity index is 770. The van der Waals surface area contributed by atoms with Gasteiger partial charge in [-0.25, -0.2) is 13.1 Å². The number of carbonyl (C=O) groups excluding carboxylic acids is 1. The molecule has 0 atom stereocenters. The van der Waals surface area contributed by atoms with Crippen molar-refractivity contribution in [3.8, 4) is 0 Å². The highest BCUT2D eigenvalue weighted by Gasteiger charge is 2.19. The molecule has 0 saturated carbocycles. The van der Waals surface area contributed by atoms with Crippen molar-refractivity contribution in [1.29, 1.82) is 0 Å². The normalized spacial score (nSPS) is 11.4. The molecule has 1 heterocycles. The van der Waals surface area contributed by atoms with Crippen molar-refractivity contribution in [2.75, 3.05) is 14.1 Å². The molecule has 6 nitrogen and oxygen atoms in total. The first kappa shape index (κ1) is 16.7. The monoisotopic (exact) mass is 386 g/mol. The molecule has 1 N–H and O–H groups in total. The Kier molecular flexibility index (Phi) is 5.05. The average molecular weight is 387 g/mol. The second-order valence-electron chi connectivity index (χ2n) is 4.75. The van der Waals surface area contributed by atoms with Crippen LogP contribution in [0, 0.1) is 0 Å². The fraction of sp³-hybridized carbons (Fsp3) is 0.214. The quantitative estimate of drug-likeness (QED) is 0.853. The van der Waals surface area contributed by atoms with Crippen LogP contribution in [0.4, 0.5) is 0 Å². The lowest BCUT2D eigenvalue weighted by Gasteiger charge is -2.13. The second kappa shape index (κ2) is 6.64. The van der Waals surface area contributed by atoms with Gasteiger partial charge in [0.05, 0.1) is 23.3 Å². The largest absolute Gasteiger partial charge is 0.468 e. The highest BCUT2D eigenvalue weighted by Crippen LogP contribution is 2.22. The smallest absolute Gasteiger partial charge is 0.254 e. The van der Waals surface area contributed by atoms with Gasteiger partial charge in [-0.1, -0.05) is 0 Å². The van der Waals surface area contributed by atoms with Crippen LogP contribution < -0.4 is 4.72 Å². The first-order chi connectivity index (χ1) is 10.3. The second-order valence-corrected chi connectivity index (χ2v) is 7.37. The van der Waals surface area contributed by atoms with Crippen molar-refractivity contribution < 1.29 is 17.6 Å². The number of furan rings is 1. The molecule has 0 aliphatic carbocycles. The molecular weight excluding hydrogens is 372 g/mol. The average Bonchev–Trinajstić information content (AvgIpc) is 2.98.